The van der Waals surface area contributed by atoms with Gasteiger partial charge in [-0.3, -0.25) is 0 Å². The first-order chi connectivity index (χ1) is 14.4. The maximum atomic E-state index is 13.3. The highest BCUT2D eigenvalue weighted by molar-refractivity contribution is 9.10. The number of rotatable bonds is 4. The van der Waals surface area contributed by atoms with E-state index in [4.69, 9.17) is 0 Å². The lowest BCUT2D eigenvalue weighted by molar-refractivity contribution is 0.404. The van der Waals surface area contributed by atoms with Gasteiger partial charge in [0, 0.05) is 35.1 Å². The summed E-state index contributed by atoms with van der Waals surface area (Å²) >= 11 is 6.76. The molecule has 1 saturated heterocycles. The van der Waals surface area contributed by atoms with E-state index in [9.17, 15) is 16.8 Å². The predicted octanol–water partition coefficient (Wildman–Crippen LogP) is 4.53. The Bertz CT molecular complexity index is 1130. The van der Waals surface area contributed by atoms with Crippen molar-refractivity contribution < 1.29 is 16.8 Å². The van der Waals surface area contributed by atoms with E-state index in [-0.39, 0.29) is 36.0 Å². The average Bonchev–Trinajstić information content (AvgIpc) is 2.94. The van der Waals surface area contributed by atoms with Crippen molar-refractivity contribution in [3.05, 3.63) is 55.5 Å². The Labute approximate surface area is 202 Å². The molecule has 0 atom stereocenters. The summed E-state index contributed by atoms with van der Waals surface area (Å²) in [4.78, 5) is 0.424. The van der Waals surface area contributed by atoms with Gasteiger partial charge in [-0.05, 0) is 112 Å². The molecule has 0 spiro atoms. The summed E-state index contributed by atoms with van der Waals surface area (Å²) in [6.07, 6.45) is 0.420. The molecule has 1 aliphatic rings. The molecular formula is C21H26Br2N2O4S2. The van der Waals surface area contributed by atoms with Crippen LogP contribution in [0.25, 0.3) is 0 Å². The van der Waals surface area contributed by atoms with Gasteiger partial charge in [0.1, 0.15) is 0 Å². The molecule has 0 amide bonds. The van der Waals surface area contributed by atoms with Crippen molar-refractivity contribution in [3.8, 4) is 0 Å². The Morgan fingerprint density at radius 2 is 0.935 bits per heavy atom. The molecule has 0 saturated carbocycles. The van der Waals surface area contributed by atoms with E-state index in [2.05, 4.69) is 31.9 Å². The van der Waals surface area contributed by atoms with Crippen LogP contribution in [0.2, 0.25) is 0 Å². The molecule has 31 heavy (non-hydrogen) atoms. The van der Waals surface area contributed by atoms with Crippen LogP contribution in [-0.4, -0.2) is 51.6 Å². The Kier molecular flexibility index (Phi) is 7.40. The molecular weight excluding hydrogens is 568 g/mol. The second-order valence-electron chi connectivity index (χ2n) is 7.90. The first kappa shape index (κ1) is 24.9. The maximum absolute atomic E-state index is 13.3. The van der Waals surface area contributed by atoms with Crippen LogP contribution in [0.1, 0.15) is 28.7 Å². The Morgan fingerprint density at radius 3 is 1.29 bits per heavy atom. The van der Waals surface area contributed by atoms with Crippen LogP contribution in [0, 0.1) is 27.7 Å². The number of nitrogens with zero attached hydrogens (tertiary/aromatic N) is 2. The normalized spacial score (nSPS) is 17.0. The quantitative estimate of drug-likeness (QED) is 0.522. The van der Waals surface area contributed by atoms with E-state index in [1.165, 1.54) is 8.61 Å². The first-order valence-electron chi connectivity index (χ1n) is 9.89. The van der Waals surface area contributed by atoms with Gasteiger partial charge in [-0.25, -0.2) is 16.8 Å². The monoisotopic (exact) mass is 592 g/mol. The van der Waals surface area contributed by atoms with Gasteiger partial charge >= 0.3 is 0 Å². The molecule has 0 aliphatic carbocycles. The maximum Gasteiger partial charge on any atom is 0.244 e. The van der Waals surface area contributed by atoms with Gasteiger partial charge in [0.2, 0.25) is 20.0 Å². The van der Waals surface area contributed by atoms with Gasteiger partial charge in [-0.15, -0.1) is 0 Å². The van der Waals surface area contributed by atoms with Gasteiger partial charge in [0.15, 0.2) is 0 Å². The summed E-state index contributed by atoms with van der Waals surface area (Å²) in [7, 11) is -7.51. The van der Waals surface area contributed by atoms with Gasteiger partial charge in [-0.2, -0.15) is 8.61 Å². The molecule has 0 aromatic heterocycles. The lowest BCUT2D eigenvalue weighted by atomic mass is 10.1. The molecule has 10 heteroatoms. The minimum absolute atomic E-state index is 0.101. The highest BCUT2D eigenvalue weighted by Crippen LogP contribution is 2.31. The van der Waals surface area contributed by atoms with Crippen molar-refractivity contribution in [1.29, 1.82) is 0 Å². The van der Waals surface area contributed by atoms with E-state index in [0.29, 0.717) is 15.4 Å². The summed E-state index contributed by atoms with van der Waals surface area (Å²) in [5.41, 5.74) is 3.77. The van der Waals surface area contributed by atoms with Crippen molar-refractivity contribution in [3.63, 3.8) is 0 Å². The molecule has 170 valence electrons. The van der Waals surface area contributed by atoms with Gasteiger partial charge in [0.25, 0.3) is 0 Å². The molecule has 0 N–H and O–H groups in total. The van der Waals surface area contributed by atoms with E-state index < -0.39 is 20.0 Å². The van der Waals surface area contributed by atoms with Gasteiger partial charge in [-0.1, -0.05) is 0 Å². The number of hydrogen-bond donors (Lipinski definition) is 0. The van der Waals surface area contributed by atoms with Crippen LogP contribution in [-0.2, 0) is 20.0 Å². The molecule has 2 aromatic rings. The number of hydrogen-bond acceptors (Lipinski definition) is 4. The first-order valence-corrected chi connectivity index (χ1v) is 14.4. The molecule has 1 aliphatic heterocycles. The Hall–Kier alpha value is -0.780. The Morgan fingerprint density at radius 1 is 0.613 bits per heavy atom. The van der Waals surface area contributed by atoms with Crippen LogP contribution in [0.3, 0.4) is 0 Å². The van der Waals surface area contributed by atoms with Crippen LogP contribution in [0.4, 0.5) is 0 Å². The summed E-state index contributed by atoms with van der Waals surface area (Å²) < 4.78 is 57.0. The minimum atomic E-state index is -3.75. The van der Waals surface area contributed by atoms with Crippen molar-refractivity contribution in [2.75, 3.05) is 26.2 Å². The SMILES string of the molecule is Cc1cc(Br)c(S(=O)(=O)N2CCCN(S(=O)(=O)c3cc(C)c(C)cc3Br)CC2)cc1C. The fraction of sp³-hybridized carbons (Fsp3) is 0.429. The largest absolute Gasteiger partial charge is 0.244 e. The number of benzene rings is 2. The third-order valence-corrected chi connectivity index (χ3v) is 11.5. The van der Waals surface area contributed by atoms with E-state index in [0.717, 1.165) is 22.3 Å². The van der Waals surface area contributed by atoms with E-state index in [1.807, 2.05) is 27.7 Å². The highest BCUT2D eigenvalue weighted by Gasteiger charge is 2.33. The summed E-state index contributed by atoms with van der Waals surface area (Å²) in [6, 6.07) is 6.93. The standard InChI is InChI=1S/C21H26Br2N2O4S2/c1-14-10-18(22)20(12-16(14)3)30(26,27)24-6-5-7-25(9-8-24)31(28,29)21-13-17(4)15(2)11-19(21)23/h10-13H,5-9H2,1-4H3. The van der Waals surface area contributed by atoms with Crippen molar-refractivity contribution in [1.82, 2.24) is 8.61 Å². The predicted molar refractivity (Wildman–Crippen MR) is 129 cm³/mol. The van der Waals surface area contributed by atoms with Crippen LogP contribution >= 0.6 is 31.9 Å². The average molecular weight is 594 g/mol. The van der Waals surface area contributed by atoms with E-state index >= 15 is 0 Å². The zero-order valence-corrected chi connectivity index (χ0v) is 22.7. The molecule has 0 radical (unpaired) electrons. The smallest absolute Gasteiger partial charge is 0.207 e. The lowest BCUT2D eigenvalue weighted by Crippen LogP contribution is -2.37. The molecule has 2 aromatic carbocycles. The summed E-state index contributed by atoms with van der Waals surface area (Å²) in [6.45, 7) is 8.33. The zero-order chi connectivity index (χ0) is 23.1. The fourth-order valence-electron chi connectivity index (χ4n) is 3.53. The fourth-order valence-corrected chi connectivity index (χ4v) is 8.88. The zero-order valence-electron chi connectivity index (χ0n) is 17.9. The lowest BCUT2D eigenvalue weighted by Gasteiger charge is -2.23. The molecule has 1 fully saturated rings. The van der Waals surface area contributed by atoms with Crippen LogP contribution in [0.5, 0.6) is 0 Å². The van der Waals surface area contributed by atoms with Gasteiger partial charge < -0.3 is 0 Å². The third kappa shape index (κ3) is 4.94. The second kappa shape index (κ2) is 9.23. The molecule has 1 heterocycles. The number of halogens is 2. The number of aryl methyl sites for hydroxylation is 4. The molecule has 3 rings (SSSR count). The van der Waals surface area contributed by atoms with Crippen molar-refractivity contribution >= 4 is 51.9 Å². The Balaban J connectivity index is 1.88. The summed E-state index contributed by atoms with van der Waals surface area (Å²) in [5.74, 6) is 0. The van der Waals surface area contributed by atoms with E-state index in [1.54, 1.807) is 24.3 Å². The van der Waals surface area contributed by atoms with Crippen LogP contribution in [0.15, 0.2) is 43.0 Å². The number of sulfonamides is 2. The minimum Gasteiger partial charge on any atom is -0.207 e. The molecule has 6 nitrogen and oxygen atoms in total. The molecule has 0 unspecified atom stereocenters. The summed E-state index contributed by atoms with van der Waals surface area (Å²) in [5, 5.41) is 0. The van der Waals surface area contributed by atoms with Crippen LogP contribution < -0.4 is 0 Å². The van der Waals surface area contributed by atoms with Crippen molar-refractivity contribution in [2.24, 2.45) is 0 Å². The topological polar surface area (TPSA) is 74.8 Å². The highest BCUT2D eigenvalue weighted by atomic mass is 79.9. The molecule has 0 bridgehead atoms. The van der Waals surface area contributed by atoms with Crippen molar-refractivity contribution in [2.45, 2.75) is 43.9 Å². The third-order valence-electron chi connectivity index (χ3n) is 5.75. The van der Waals surface area contributed by atoms with Gasteiger partial charge in [0.05, 0.1) is 9.79 Å². The second-order valence-corrected chi connectivity index (χ2v) is 13.4.